The molecule has 0 heterocycles. The average Bonchev–Trinajstić information content (AvgIpc) is 2.43. The van der Waals surface area contributed by atoms with Gasteiger partial charge in [-0.25, -0.2) is 0 Å². The van der Waals surface area contributed by atoms with E-state index in [1.54, 1.807) is 12.1 Å². The Hall–Kier alpha value is -1.49. The number of aliphatic carboxylic acids is 1. The summed E-state index contributed by atoms with van der Waals surface area (Å²) in [6, 6.07) is 7.43. The first-order valence-electron chi connectivity index (χ1n) is 7.11. The second-order valence-corrected chi connectivity index (χ2v) is 6.58. The van der Waals surface area contributed by atoms with Crippen LogP contribution in [-0.4, -0.2) is 40.7 Å². The summed E-state index contributed by atoms with van der Waals surface area (Å²) in [6.07, 6.45) is 0. The smallest absolute Gasteiger partial charge is 0.323 e. The van der Waals surface area contributed by atoms with Crippen LogP contribution in [0.1, 0.15) is 36.7 Å². The molecular weight excluding hydrogens is 286 g/mol. The predicted molar refractivity (Wildman–Crippen MR) is 86.7 cm³/mol. The van der Waals surface area contributed by atoms with Crippen LogP contribution >= 0.6 is 11.8 Å². The minimum atomic E-state index is -0.986. The maximum Gasteiger partial charge on any atom is 0.323 e. The van der Waals surface area contributed by atoms with E-state index < -0.39 is 5.97 Å². The second kappa shape index (κ2) is 8.72. The third-order valence-corrected chi connectivity index (χ3v) is 3.82. The maximum atomic E-state index is 12.4. The van der Waals surface area contributed by atoms with Crippen molar-refractivity contribution in [2.24, 2.45) is 5.92 Å². The fraction of sp³-hybridized carbons (Fsp3) is 0.500. The molecule has 1 amide bonds. The number of carboxylic acids is 1. The highest BCUT2D eigenvalue weighted by molar-refractivity contribution is 7.98. The maximum absolute atomic E-state index is 12.4. The van der Waals surface area contributed by atoms with Crippen molar-refractivity contribution in [1.82, 2.24) is 4.90 Å². The van der Waals surface area contributed by atoms with Crippen molar-refractivity contribution in [3.8, 4) is 0 Å². The SMILES string of the molecule is CCSCc1ccc(C(=O)N(CC(=O)O)CC(C)C)cc1. The Kier molecular flexibility index (Phi) is 7.29. The summed E-state index contributed by atoms with van der Waals surface area (Å²) in [5.41, 5.74) is 1.72. The highest BCUT2D eigenvalue weighted by Crippen LogP contribution is 2.14. The molecule has 0 aliphatic rings. The van der Waals surface area contributed by atoms with E-state index in [4.69, 9.17) is 5.11 Å². The lowest BCUT2D eigenvalue weighted by atomic mass is 10.1. The molecule has 1 aromatic carbocycles. The summed E-state index contributed by atoms with van der Waals surface area (Å²) < 4.78 is 0. The van der Waals surface area contributed by atoms with Gasteiger partial charge in [-0.05, 0) is 29.4 Å². The van der Waals surface area contributed by atoms with E-state index in [9.17, 15) is 9.59 Å². The van der Waals surface area contributed by atoms with E-state index in [-0.39, 0.29) is 18.4 Å². The molecule has 0 aromatic heterocycles. The molecule has 5 heteroatoms. The van der Waals surface area contributed by atoms with Gasteiger partial charge in [-0.1, -0.05) is 32.9 Å². The molecule has 4 nitrogen and oxygen atoms in total. The first kappa shape index (κ1) is 17.6. The molecule has 1 aromatic rings. The highest BCUT2D eigenvalue weighted by atomic mass is 32.2. The Morgan fingerprint density at radius 1 is 1.24 bits per heavy atom. The Morgan fingerprint density at radius 3 is 2.33 bits per heavy atom. The van der Waals surface area contributed by atoms with Gasteiger partial charge in [-0.15, -0.1) is 0 Å². The van der Waals surface area contributed by atoms with Gasteiger partial charge in [0.15, 0.2) is 0 Å². The molecule has 0 bridgehead atoms. The zero-order valence-corrected chi connectivity index (χ0v) is 13.7. The summed E-state index contributed by atoms with van der Waals surface area (Å²) in [7, 11) is 0. The minimum absolute atomic E-state index is 0.221. The molecule has 1 rings (SSSR count). The standard InChI is InChI=1S/C16H23NO3S/c1-4-21-11-13-5-7-14(8-6-13)16(20)17(9-12(2)3)10-15(18)19/h5-8,12H,4,9-11H2,1-3H3,(H,18,19). The van der Waals surface area contributed by atoms with Crippen LogP contribution in [0.2, 0.25) is 0 Å². The number of nitrogens with zero attached hydrogens (tertiary/aromatic N) is 1. The molecule has 0 atom stereocenters. The number of hydrogen-bond acceptors (Lipinski definition) is 3. The van der Waals surface area contributed by atoms with Crippen molar-refractivity contribution in [3.05, 3.63) is 35.4 Å². The van der Waals surface area contributed by atoms with Crippen molar-refractivity contribution in [3.63, 3.8) is 0 Å². The van der Waals surface area contributed by atoms with E-state index in [0.29, 0.717) is 12.1 Å². The fourth-order valence-corrected chi connectivity index (χ4v) is 2.60. The van der Waals surface area contributed by atoms with Crippen LogP contribution in [-0.2, 0) is 10.5 Å². The van der Waals surface area contributed by atoms with Crippen LogP contribution < -0.4 is 0 Å². The van der Waals surface area contributed by atoms with Gasteiger partial charge in [0.2, 0.25) is 0 Å². The molecule has 0 spiro atoms. The van der Waals surface area contributed by atoms with E-state index >= 15 is 0 Å². The summed E-state index contributed by atoms with van der Waals surface area (Å²) in [5, 5.41) is 8.94. The summed E-state index contributed by atoms with van der Waals surface area (Å²) >= 11 is 1.83. The van der Waals surface area contributed by atoms with E-state index in [0.717, 1.165) is 11.5 Å². The monoisotopic (exact) mass is 309 g/mol. The van der Waals surface area contributed by atoms with Crippen LogP contribution in [0.25, 0.3) is 0 Å². The fourth-order valence-electron chi connectivity index (χ4n) is 1.97. The zero-order chi connectivity index (χ0) is 15.8. The largest absolute Gasteiger partial charge is 0.480 e. The molecule has 0 aliphatic heterocycles. The van der Waals surface area contributed by atoms with Gasteiger partial charge in [-0.3, -0.25) is 9.59 Å². The molecule has 0 aliphatic carbocycles. The van der Waals surface area contributed by atoms with Gasteiger partial charge in [0.05, 0.1) is 0 Å². The first-order chi connectivity index (χ1) is 9.93. The predicted octanol–water partition coefficient (Wildman–Crippen LogP) is 3.12. The molecule has 0 saturated carbocycles. The second-order valence-electron chi connectivity index (χ2n) is 5.31. The minimum Gasteiger partial charge on any atom is -0.480 e. The lowest BCUT2D eigenvalue weighted by molar-refractivity contribution is -0.137. The van der Waals surface area contributed by atoms with Crippen LogP contribution in [0.3, 0.4) is 0 Å². The number of rotatable bonds is 8. The Labute approximate surface area is 130 Å². The van der Waals surface area contributed by atoms with Gasteiger partial charge >= 0.3 is 5.97 Å². The van der Waals surface area contributed by atoms with E-state index in [1.165, 1.54) is 10.5 Å². The van der Waals surface area contributed by atoms with E-state index in [2.05, 4.69) is 6.92 Å². The lowest BCUT2D eigenvalue weighted by Gasteiger charge is -2.22. The van der Waals surface area contributed by atoms with Gasteiger partial charge < -0.3 is 10.0 Å². The number of amides is 1. The van der Waals surface area contributed by atoms with Crippen molar-refractivity contribution in [2.75, 3.05) is 18.8 Å². The number of hydrogen-bond donors (Lipinski definition) is 1. The molecule has 0 radical (unpaired) electrons. The average molecular weight is 309 g/mol. The molecule has 0 saturated heterocycles. The first-order valence-corrected chi connectivity index (χ1v) is 8.27. The van der Waals surface area contributed by atoms with Crippen molar-refractivity contribution >= 4 is 23.6 Å². The number of carboxylic acid groups (broad SMARTS) is 1. The normalized spacial score (nSPS) is 10.7. The molecular formula is C16H23NO3S. The van der Waals surface area contributed by atoms with Gasteiger partial charge in [0.25, 0.3) is 5.91 Å². The van der Waals surface area contributed by atoms with Crippen LogP contribution in [0.15, 0.2) is 24.3 Å². The van der Waals surface area contributed by atoms with Gasteiger partial charge in [0.1, 0.15) is 6.54 Å². The number of benzene rings is 1. The molecule has 116 valence electrons. The summed E-state index contributed by atoms with van der Waals surface area (Å²) in [4.78, 5) is 24.7. The number of carbonyl (C=O) groups excluding carboxylic acids is 1. The Balaban J connectivity index is 2.80. The van der Waals surface area contributed by atoms with Gasteiger partial charge in [0, 0.05) is 17.9 Å². The number of carbonyl (C=O) groups is 2. The van der Waals surface area contributed by atoms with Crippen LogP contribution in [0.5, 0.6) is 0 Å². The summed E-state index contributed by atoms with van der Waals surface area (Å²) in [5.74, 6) is 1.01. The summed E-state index contributed by atoms with van der Waals surface area (Å²) in [6.45, 7) is 6.22. The quantitative estimate of drug-likeness (QED) is 0.801. The highest BCUT2D eigenvalue weighted by Gasteiger charge is 2.19. The zero-order valence-electron chi connectivity index (χ0n) is 12.8. The van der Waals surface area contributed by atoms with Gasteiger partial charge in [-0.2, -0.15) is 11.8 Å². The third-order valence-electron chi connectivity index (χ3n) is 2.87. The van der Waals surface area contributed by atoms with Crippen molar-refractivity contribution in [2.45, 2.75) is 26.5 Å². The number of thioether (sulfide) groups is 1. The topological polar surface area (TPSA) is 57.6 Å². The third kappa shape index (κ3) is 6.21. The Morgan fingerprint density at radius 2 is 1.86 bits per heavy atom. The van der Waals surface area contributed by atoms with Crippen molar-refractivity contribution in [1.29, 1.82) is 0 Å². The van der Waals surface area contributed by atoms with E-state index in [1.807, 2.05) is 37.7 Å². The van der Waals surface area contributed by atoms with Crippen LogP contribution in [0.4, 0.5) is 0 Å². The molecule has 21 heavy (non-hydrogen) atoms. The molecule has 1 N–H and O–H groups in total. The molecule has 0 unspecified atom stereocenters. The van der Waals surface area contributed by atoms with Crippen LogP contribution in [0, 0.1) is 5.92 Å². The Bertz CT molecular complexity index is 471. The lowest BCUT2D eigenvalue weighted by Crippen LogP contribution is -2.38. The van der Waals surface area contributed by atoms with Crippen molar-refractivity contribution < 1.29 is 14.7 Å². The molecule has 0 fully saturated rings.